The molecule has 0 radical (unpaired) electrons. The maximum Gasteiger partial charge on any atom is 0.243 e. The van der Waals surface area contributed by atoms with Crippen LogP contribution in [0, 0.1) is 0 Å². The van der Waals surface area contributed by atoms with Crippen LogP contribution in [0.1, 0.15) is 42.6 Å². The summed E-state index contributed by atoms with van der Waals surface area (Å²) < 4.78 is 0. The minimum Gasteiger partial charge on any atom is -0.376 e. The fraction of sp³-hybridized carbons (Fsp3) is 0.263. The Hall–Kier alpha value is -2.62. The molecule has 0 atom stereocenters. The van der Waals surface area contributed by atoms with E-state index in [4.69, 9.17) is 0 Å². The zero-order valence-corrected chi connectivity index (χ0v) is 13.7. The highest BCUT2D eigenvalue weighted by atomic mass is 16.2. The van der Waals surface area contributed by atoms with E-state index in [1.165, 1.54) is 12.5 Å². The highest BCUT2D eigenvalue weighted by Crippen LogP contribution is 2.17. The molecule has 0 aliphatic heterocycles. The molecule has 0 bridgehead atoms. The van der Waals surface area contributed by atoms with Crippen molar-refractivity contribution in [2.75, 3.05) is 17.2 Å². The van der Waals surface area contributed by atoms with Crippen LogP contribution in [0.25, 0.3) is 0 Å². The van der Waals surface area contributed by atoms with E-state index in [0.717, 1.165) is 5.69 Å². The van der Waals surface area contributed by atoms with E-state index in [-0.39, 0.29) is 18.2 Å². The minimum atomic E-state index is -0.154. The Morgan fingerprint density at radius 2 is 1.70 bits per heavy atom. The molecule has 2 aromatic rings. The highest BCUT2D eigenvalue weighted by Gasteiger charge is 2.05. The van der Waals surface area contributed by atoms with Crippen LogP contribution in [0.15, 0.2) is 48.5 Å². The van der Waals surface area contributed by atoms with Gasteiger partial charge in [0, 0.05) is 16.9 Å². The molecule has 2 N–H and O–H groups in total. The number of Topliss-reactive ketones (excluding diaryl/α,β-unsaturated/α-hetero) is 1. The van der Waals surface area contributed by atoms with E-state index in [1.54, 1.807) is 24.3 Å². The van der Waals surface area contributed by atoms with Gasteiger partial charge in [0.2, 0.25) is 5.91 Å². The quantitative estimate of drug-likeness (QED) is 0.791. The molecular formula is C19H22N2O2. The highest BCUT2D eigenvalue weighted by molar-refractivity contribution is 5.98. The van der Waals surface area contributed by atoms with E-state index < -0.39 is 0 Å². The molecule has 0 aliphatic rings. The Kier molecular flexibility index (Phi) is 5.52. The molecule has 0 saturated heterocycles. The number of hydrogen-bond donors (Lipinski definition) is 2. The lowest BCUT2D eigenvalue weighted by Crippen LogP contribution is -2.21. The number of rotatable bonds is 6. The third kappa shape index (κ3) is 4.95. The van der Waals surface area contributed by atoms with Crippen LogP contribution in [-0.4, -0.2) is 18.2 Å². The number of carbonyl (C=O) groups is 2. The van der Waals surface area contributed by atoms with Gasteiger partial charge in [-0.1, -0.05) is 38.1 Å². The molecule has 4 nitrogen and oxygen atoms in total. The Balaban J connectivity index is 1.90. The lowest BCUT2D eigenvalue weighted by Gasteiger charge is -2.10. The standard InChI is InChI=1S/C19H22N2O2/c1-13(2)15-7-9-17(10-8-15)20-12-19(23)21-18-6-4-5-16(11-18)14(3)22/h4-11,13,20H,12H2,1-3H3,(H,21,23). The van der Waals surface area contributed by atoms with Crippen molar-refractivity contribution >= 4 is 23.1 Å². The summed E-state index contributed by atoms with van der Waals surface area (Å²) in [6.45, 7) is 5.96. The van der Waals surface area contributed by atoms with E-state index in [0.29, 0.717) is 17.2 Å². The number of benzene rings is 2. The molecule has 0 saturated carbocycles. The lowest BCUT2D eigenvalue weighted by atomic mass is 10.0. The zero-order chi connectivity index (χ0) is 16.8. The molecule has 0 aliphatic carbocycles. The topological polar surface area (TPSA) is 58.2 Å². The number of anilines is 2. The fourth-order valence-electron chi connectivity index (χ4n) is 2.19. The van der Waals surface area contributed by atoms with E-state index in [9.17, 15) is 9.59 Å². The van der Waals surface area contributed by atoms with Crippen LogP contribution in [0.2, 0.25) is 0 Å². The SMILES string of the molecule is CC(=O)c1cccc(NC(=O)CNc2ccc(C(C)C)cc2)c1. The van der Waals surface area contributed by atoms with Gasteiger partial charge in [0.05, 0.1) is 6.54 Å². The Morgan fingerprint density at radius 1 is 1.00 bits per heavy atom. The monoisotopic (exact) mass is 310 g/mol. The summed E-state index contributed by atoms with van der Waals surface area (Å²) in [4.78, 5) is 23.3. The summed E-state index contributed by atoms with van der Waals surface area (Å²) in [5.41, 5.74) is 3.38. The smallest absolute Gasteiger partial charge is 0.243 e. The van der Waals surface area contributed by atoms with Crippen molar-refractivity contribution in [1.29, 1.82) is 0 Å². The average molecular weight is 310 g/mol. The zero-order valence-electron chi connectivity index (χ0n) is 13.7. The van der Waals surface area contributed by atoms with Crippen molar-refractivity contribution in [3.63, 3.8) is 0 Å². The third-order valence-electron chi connectivity index (χ3n) is 3.58. The Morgan fingerprint density at radius 3 is 2.30 bits per heavy atom. The summed E-state index contributed by atoms with van der Waals surface area (Å²) in [7, 11) is 0. The van der Waals surface area contributed by atoms with Crippen LogP contribution < -0.4 is 10.6 Å². The van der Waals surface area contributed by atoms with Crippen molar-refractivity contribution in [2.45, 2.75) is 26.7 Å². The molecule has 2 rings (SSSR count). The largest absolute Gasteiger partial charge is 0.376 e. The lowest BCUT2D eigenvalue weighted by molar-refractivity contribution is -0.114. The van der Waals surface area contributed by atoms with Crippen LogP contribution in [0.4, 0.5) is 11.4 Å². The minimum absolute atomic E-state index is 0.0236. The van der Waals surface area contributed by atoms with Crippen molar-refractivity contribution < 1.29 is 9.59 Å². The van der Waals surface area contributed by atoms with Crippen molar-refractivity contribution in [1.82, 2.24) is 0 Å². The van der Waals surface area contributed by atoms with E-state index in [2.05, 4.69) is 36.6 Å². The number of ketones is 1. The van der Waals surface area contributed by atoms with Crippen LogP contribution in [0.5, 0.6) is 0 Å². The first-order valence-corrected chi connectivity index (χ1v) is 7.70. The number of carbonyl (C=O) groups excluding carboxylic acids is 2. The maximum absolute atomic E-state index is 12.0. The van der Waals surface area contributed by atoms with Gasteiger partial charge in [-0.3, -0.25) is 9.59 Å². The maximum atomic E-state index is 12.0. The first-order valence-electron chi connectivity index (χ1n) is 7.70. The second-order valence-electron chi connectivity index (χ2n) is 5.82. The van der Waals surface area contributed by atoms with Crippen LogP contribution >= 0.6 is 0 Å². The molecule has 0 fully saturated rings. The number of nitrogens with one attached hydrogen (secondary N) is 2. The molecule has 23 heavy (non-hydrogen) atoms. The molecule has 2 aromatic carbocycles. The molecule has 120 valence electrons. The van der Waals surface area contributed by atoms with Crippen molar-refractivity contribution in [3.05, 3.63) is 59.7 Å². The average Bonchev–Trinajstić information content (AvgIpc) is 2.53. The van der Waals surface area contributed by atoms with Crippen LogP contribution in [0.3, 0.4) is 0 Å². The normalized spacial score (nSPS) is 10.4. The van der Waals surface area contributed by atoms with Gasteiger partial charge in [-0.15, -0.1) is 0 Å². The summed E-state index contributed by atoms with van der Waals surface area (Å²) in [6, 6.07) is 15.0. The summed E-state index contributed by atoms with van der Waals surface area (Å²) in [5, 5.41) is 5.87. The Bertz CT molecular complexity index is 691. The molecule has 1 amide bonds. The van der Waals surface area contributed by atoms with Gasteiger partial charge in [-0.2, -0.15) is 0 Å². The summed E-state index contributed by atoms with van der Waals surface area (Å²) >= 11 is 0. The third-order valence-corrected chi connectivity index (χ3v) is 3.58. The van der Waals surface area contributed by atoms with Crippen LogP contribution in [-0.2, 0) is 4.79 Å². The first-order chi connectivity index (χ1) is 11.0. The molecule has 0 heterocycles. The molecule has 0 unspecified atom stereocenters. The predicted molar refractivity (Wildman–Crippen MR) is 94.1 cm³/mol. The molecule has 4 heteroatoms. The first kappa shape index (κ1) is 16.7. The number of amides is 1. The van der Waals surface area contributed by atoms with E-state index in [1.807, 2.05) is 12.1 Å². The van der Waals surface area contributed by atoms with Gasteiger partial charge < -0.3 is 10.6 Å². The molecule has 0 spiro atoms. The molecule has 0 aromatic heterocycles. The number of hydrogen-bond acceptors (Lipinski definition) is 3. The van der Waals surface area contributed by atoms with E-state index >= 15 is 0 Å². The second kappa shape index (κ2) is 7.58. The Labute approximate surface area is 136 Å². The summed E-state index contributed by atoms with van der Waals surface area (Å²) in [6.07, 6.45) is 0. The van der Waals surface area contributed by atoms with Gasteiger partial charge in [0.1, 0.15) is 0 Å². The van der Waals surface area contributed by atoms with Gasteiger partial charge in [-0.05, 0) is 42.7 Å². The predicted octanol–water partition coefficient (Wildman–Crippen LogP) is 4.06. The van der Waals surface area contributed by atoms with Gasteiger partial charge >= 0.3 is 0 Å². The van der Waals surface area contributed by atoms with Crippen molar-refractivity contribution in [3.8, 4) is 0 Å². The van der Waals surface area contributed by atoms with Crippen molar-refractivity contribution in [2.24, 2.45) is 0 Å². The van der Waals surface area contributed by atoms with Gasteiger partial charge in [0.25, 0.3) is 0 Å². The summed E-state index contributed by atoms with van der Waals surface area (Å²) in [5.74, 6) is 0.309. The van der Waals surface area contributed by atoms with Gasteiger partial charge in [-0.25, -0.2) is 0 Å². The molecular weight excluding hydrogens is 288 g/mol. The fourth-order valence-corrected chi connectivity index (χ4v) is 2.19. The second-order valence-corrected chi connectivity index (χ2v) is 5.82. The van der Waals surface area contributed by atoms with Gasteiger partial charge in [0.15, 0.2) is 5.78 Å².